The van der Waals surface area contributed by atoms with Crippen LogP contribution in [0.5, 0.6) is 0 Å². The summed E-state index contributed by atoms with van der Waals surface area (Å²) in [5.41, 5.74) is 0. The third-order valence-corrected chi connectivity index (χ3v) is 10.3. The first-order valence-electron chi connectivity index (χ1n) is 15.2. The van der Waals surface area contributed by atoms with Gasteiger partial charge in [0.25, 0.3) is 0 Å². The first-order valence-corrected chi connectivity index (χ1v) is 17.3. The van der Waals surface area contributed by atoms with Crippen molar-refractivity contribution in [2.24, 2.45) is 0 Å². The molecule has 0 aliphatic heterocycles. The summed E-state index contributed by atoms with van der Waals surface area (Å²) < 4.78 is 0. The first kappa shape index (κ1) is 31.2. The molecule has 0 saturated carbocycles. The molecule has 0 nitrogen and oxygen atoms in total. The Morgan fingerprint density at radius 2 is 0.452 bits per heavy atom. The Hall–Kier alpha value is 0.217. The molecule has 0 rings (SSSR count). The maximum absolute atomic E-state index is 2.32. The maximum atomic E-state index is 2.32. The molecule has 0 aromatic carbocycles. The summed E-state index contributed by atoms with van der Waals surface area (Å²) >= 11 is 0. The fourth-order valence-corrected chi connectivity index (χ4v) is 7.90. The minimum Gasteiger partial charge on any atom is -0.0654 e. The summed E-state index contributed by atoms with van der Waals surface area (Å²) in [6.07, 6.45) is 35.6. The van der Waals surface area contributed by atoms with Crippen LogP contribution in [0.15, 0.2) is 0 Å². The molecule has 0 aliphatic carbocycles. The van der Waals surface area contributed by atoms with Crippen LogP contribution in [0, 0.1) is 0 Å². The second-order valence-electron chi connectivity index (χ2n) is 10.4. The molecule has 0 aromatic heterocycles. The van der Waals surface area contributed by atoms with E-state index >= 15 is 0 Å². The van der Waals surface area contributed by atoms with Crippen LogP contribution in [-0.2, 0) is 0 Å². The summed E-state index contributed by atoms with van der Waals surface area (Å²) in [5, 5.41) is 0. The zero-order chi connectivity index (χ0) is 22.7. The molecule has 1 heteroatoms. The molecular formula is C30H63Si. The van der Waals surface area contributed by atoms with Gasteiger partial charge in [0.2, 0.25) is 0 Å². The van der Waals surface area contributed by atoms with E-state index in [-0.39, 0.29) is 8.80 Å². The lowest BCUT2D eigenvalue weighted by molar-refractivity contribution is 0.577. The Labute approximate surface area is 201 Å². The zero-order valence-corrected chi connectivity index (χ0v) is 23.6. The van der Waals surface area contributed by atoms with Gasteiger partial charge in [-0.15, -0.1) is 0 Å². The van der Waals surface area contributed by atoms with Crippen molar-refractivity contribution in [1.29, 1.82) is 0 Å². The number of hydrogen-bond donors (Lipinski definition) is 0. The lowest BCUT2D eigenvalue weighted by Gasteiger charge is -2.15. The summed E-state index contributed by atoms with van der Waals surface area (Å²) in [7, 11) is -0.0475. The van der Waals surface area contributed by atoms with Gasteiger partial charge in [0.1, 0.15) is 0 Å². The van der Waals surface area contributed by atoms with E-state index in [0.717, 1.165) is 0 Å². The van der Waals surface area contributed by atoms with E-state index < -0.39 is 0 Å². The predicted molar refractivity (Wildman–Crippen MR) is 148 cm³/mol. The van der Waals surface area contributed by atoms with Gasteiger partial charge in [-0.25, -0.2) is 0 Å². The van der Waals surface area contributed by atoms with E-state index in [4.69, 9.17) is 0 Å². The van der Waals surface area contributed by atoms with E-state index in [1.165, 1.54) is 135 Å². The predicted octanol–water partition coefficient (Wildman–Crippen LogP) is 11.9. The highest BCUT2D eigenvalue weighted by molar-refractivity contribution is 6.58. The molecule has 0 aliphatic rings. The van der Waals surface area contributed by atoms with Crippen LogP contribution in [0.2, 0.25) is 18.1 Å². The van der Waals surface area contributed by atoms with Gasteiger partial charge >= 0.3 is 0 Å². The Balaban J connectivity index is 3.82. The fraction of sp³-hybridized carbons (Fsp3) is 1.00. The van der Waals surface area contributed by atoms with Crippen LogP contribution in [0.25, 0.3) is 0 Å². The van der Waals surface area contributed by atoms with Crippen molar-refractivity contribution in [3.8, 4) is 0 Å². The average Bonchev–Trinajstić information content (AvgIpc) is 2.78. The highest BCUT2D eigenvalue weighted by atomic mass is 28.3. The molecule has 0 fully saturated rings. The molecule has 0 N–H and O–H groups in total. The van der Waals surface area contributed by atoms with Gasteiger partial charge < -0.3 is 0 Å². The molecule has 0 unspecified atom stereocenters. The Kier molecular flexibility index (Phi) is 28.4. The van der Waals surface area contributed by atoms with Crippen LogP contribution < -0.4 is 0 Å². The number of hydrogen-bond acceptors (Lipinski definition) is 0. The molecule has 0 amide bonds. The fourth-order valence-electron chi connectivity index (χ4n) is 4.90. The zero-order valence-electron chi connectivity index (χ0n) is 22.6. The normalized spacial score (nSPS) is 11.6. The molecule has 0 bridgehead atoms. The van der Waals surface area contributed by atoms with E-state index in [0.29, 0.717) is 0 Å². The molecule has 0 heterocycles. The number of unbranched alkanes of at least 4 members (excludes halogenated alkanes) is 21. The molecule has 0 atom stereocenters. The average molecular weight is 452 g/mol. The van der Waals surface area contributed by atoms with Crippen molar-refractivity contribution in [3.05, 3.63) is 0 Å². The van der Waals surface area contributed by atoms with Crippen LogP contribution in [0.4, 0.5) is 0 Å². The van der Waals surface area contributed by atoms with Crippen molar-refractivity contribution in [1.82, 2.24) is 0 Å². The van der Waals surface area contributed by atoms with Crippen molar-refractivity contribution >= 4 is 8.80 Å². The highest BCUT2D eigenvalue weighted by Crippen LogP contribution is 2.21. The Morgan fingerprint density at radius 1 is 0.258 bits per heavy atom. The summed E-state index contributed by atoms with van der Waals surface area (Å²) in [6.45, 7) is 6.97. The van der Waals surface area contributed by atoms with E-state index in [9.17, 15) is 0 Å². The minimum absolute atomic E-state index is 0.0475. The molecule has 187 valence electrons. The largest absolute Gasteiger partial charge is 0.0654 e. The van der Waals surface area contributed by atoms with Gasteiger partial charge in [-0.2, -0.15) is 0 Å². The molecule has 0 spiro atoms. The molecule has 0 aromatic rings. The van der Waals surface area contributed by atoms with Crippen molar-refractivity contribution in [2.45, 2.75) is 193 Å². The summed E-state index contributed by atoms with van der Waals surface area (Å²) in [6, 6.07) is 4.89. The highest BCUT2D eigenvalue weighted by Gasteiger charge is 2.10. The SMILES string of the molecule is CCCCCCCCCC[Si](CCCCCCCCCC)CCCCCCCCCC. The quantitative estimate of drug-likeness (QED) is 0.0860. The molecule has 0 saturated heterocycles. The molecular weight excluding hydrogens is 388 g/mol. The Bertz CT molecular complexity index is 253. The Morgan fingerprint density at radius 3 is 0.677 bits per heavy atom. The van der Waals surface area contributed by atoms with Gasteiger partial charge in [0, 0.05) is 8.80 Å². The van der Waals surface area contributed by atoms with Crippen molar-refractivity contribution < 1.29 is 0 Å². The third-order valence-electron chi connectivity index (χ3n) is 7.15. The van der Waals surface area contributed by atoms with Crippen LogP contribution in [0.3, 0.4) is 0 Å². The van der Waals surface area contributed by atoms with Gasteiger partial charge in [-0.3, -0.25) is 0 Å². The summed E-state index contributed by atoms with van der Waals surface area (Å²) in [5.74, 6) is 0. The summed E-state index contributed by atoms with van der Waals surface area (Å²) in [4.78, 5) is 0. The van der Waals surface area contributed by atoms with Crippen LogP contribution >= 0.6 is 0 Å². The van der Waals surface area contributed by atoms with E-state index in [1.54, 1.807) is 37.4 Å². The monoisotopic (exact) mass is 451 g/mol. The topological polar surface area (TPSA) is 0 Å². The first-order chi connectivity index (χ1) is 15.3. The van der Waals surface area contributed by atoms with Crippen LogP contribution in [-0.4, -0.2) is 8.80 Å². The molecule has 31 heavy (non-hydrogen) atoms. The van der Waals surface area contributed by atoms with Crippen molar-refractivity contribution in [3.63, 3.8) is 0 Å². The number of rotatable bonds is 27. The van der Waals surface area contributed by atoms with Gasteiger partial charge in [0.05, 0.1) is 0 Å². The standard InChI is InChI=1S/C30H63Si/c1-4-7-10-13-16-19-22-25-28-31(29-26-23-20-17-14-11-8-5-2)30-27-24-21-18-15-12-9-6-3/h4-30H2,1-3H3. The lowest BCUT2D eigenvalue weighted by Crippen LogP contribution is -2.12. The minimum atomic E-state index is -0.0475. The van der Waals surface area contributed by atoms with E-state index in [2.05, 4.69) is 20.8 Å². The van der Waals surface area contributed by atoms with Crippen molar-refractivity contribution in [2.75, 3.05) is 0 Å². The van der Waals surface area contributed by atoms with Gasteiger partial charge in [-0.05, 0) is 0 Å². The van der Waals surface area contributed by atoms with Gasteiger partial charge in [0.15, 0.2) is 0 Å². The third kappa shape index (κ3) is 26.3. The second-order valence-corrected chi connectivity index (χ2v) is 13.4. The second kappa shape index (κ2) is 28.2. The maximum Gasteiger partial charge on any atom is 0.0479 e. The van der Waals surface area contributed by atoms with Crippen LogP contribution in [0.1, 0.15) is 175 Å². The van der Waals surface area contributed by atoms with Gasteiger partial charge in [-0.1, -0.05) is 193 Å². The lowest BCUT2D eigenvalue weighted by atomic mass is 10.1. The smallest absolute Gasteiger partial charge is 0.0479 e. The molecule has 1 radical (unpaired) electrons. The van der Waals surface area contributed by atoms with E-state index in [1.807, 2.05) is 0 Å².